The summed E-state index contributed by atoms with van der Waals surface area (Å²) < 4.78 is 0.788. The number of hydrogen-bond acceptors (Lipinski definition) is 1. The Balaban J connectivity index is 2.77. The van der Waals surface area contributed by atoms with Crippen molar-refractivity contribution in [2.75, 3.05) is 13.6 Å². The van der Waals surface area contributed by atoms with E-state index in [1.54, 1.807) is 0 Å². The van der Waals surface area contributed by atoms with Gasteiger partial charge in [0.2, 0.25) is 0 Å². The van der Waals surface area contributed by atoms with Crippen molar-refractivity contribution in [3.8, 4) is 0 Å². The third-order valence-electron chi connectivity index (χ3n) is 4.06. The van der Waals surface area contributed by atoms with E-state index in [0.717, 1.165) is 15.9 Å². The number of alkyl halides is 1. The third-order valence-corrected chi connectivity index (χ3v) is 5.38. The molecular formula is C12H24IN. The minimum atomic E-state index is 0.574. The normalized spacial score (nSPS) is 36.6. The van der Waals surface area contributed by atoms with Gasteiger partial charge in [-0.25, -0.2) is 0 Å². The van der Waals surface area contributed by atoms with Gasteiger partial charge in [0.1, 0.15) is 0 Å². The first-order valence-electron chi connectivity index (χ1n) is 5.77. The molecule has 0 aromatic rings. The van der Waals surface area contributed by atoms with Crippen LogP contribution in [0.4, 0.5) is 0 Å². The van der Waals surface area contributed by atoms with Crippen molar-refractivity contribution in [3.05, 3.63) is 0 Å². The van der Waals surface area contributed by atoms with Crippen molar-refractivity contribution in [3.63, 3.8) is 0 Å². The van der Waals surface area contributed by atoms with Crippen LogP contribution in [0.15, 0.2) is 0 Å². The molecule has 84 valence electrons. The van der Waals surface area contributed by atoms with Gasteiger partial charge in [-0.05, 0) is 31.2 Å². The summed E-state index contributed by atoms with van der Waals surface area (Å²) in [5.41, 5.74) is 0.574. The van der Waals surface area contributed by atoms with Gasteiger partial charge >= 0.3 is 0 Å². The molecule has 0 amide bonds. The Labute approximate surface area is 103 Å². The lowest BCUT2D eigenvalue weighted by atomic mass is 9.79. The van der Waals surface area contributed by atoms with Crippen molar-refractivity contribution < 1.29 is 0 Å². The largest absolute Gasteiger partial charge is 0.303 e. The summed E-state index contributed by atoms with van der Waals surface area (Å²) in [4.78, 5) is 2.57. The monoisotopic (exact) mass is 309 g/mol. The highest BCUT2D eigenvalue weighted by atomic mass is 127. The summed E-state index contributed by atoms with van der Waals surface area (Å²) in [5, 5.41) is 0. The molecule has 1 heterocycles. The summed E-state index contributed by atoms with van der Waals surface area (Å²) in [6.45, 7) is 10.7. The van der Waals surface area contributed by atoms with E-state index >= 15 is 0 Å². The van der Waals surface area contributed by atoms with Crippen molar-refractivity contribution in [1.82, 2.24) is 4.90 Å². The lowest BCUT2D eigenvalue weighted by Gasteiger charge is -2.30. The van der Waals surface area contributed by atoms with E-state index in [1.165, 1.54) is 19.4 Å². The van der Waals surface area contributed by atoms with E-state index in [2.05, 4.69) is 62.2 Å². The highest BCUT2D eigenvalue weighted by molar-refractivity contribution is 14.1. The lowest BCUT2D eigenvalue weighted by Crippen LogP contribution is -2.32. The zero-order valence-electron chi connectivity index (χ0n) is 10.2. The molecule has 0 bridgehead atoms. The molecule has 1 aliphatic heterocycles. The molecule has 3 atom stereocenters. The Kier molecular flexibility index (Phi) is 4.27. The van der Waals surface area contributed by atoms with Gasteiger partial charge in [0.05, 0.1) is 0 Å². The fraction of sp³-hybridized carbons (Fsp3) is 1.00. The smallest absolute Gasteiger partial charge is 0.0150 e. The first kappa shape index (κ1) is 12.8. The predicted octanol–water partition coefficient (Wildman–Crippen LogP) is 3.57. The number of halogens is 1. The topological polar surface area (TPSA) is 3.24 Å². The Morgan fingerprint density at radius 1 is 1.43 bits per heavy atom. The molecule has 14 heavy (non-hydrogen) atoms. The first-order valence-corrected chi connectivity index (χ1v) is 7.02. The Morgan fingerprint density at radius 2 is 2.00 bits per heavy atom. The summed E-state index contributed by atoms with van der Waals surface area (Å²) in [7, 11) is 2.29. The van der Waals surface area contributed by atoms with Crippen LogP contribution in [0.1, 0.15) is 40.5 Å². The van der Waals surface area contributed by atoms with E-state index in [4.69, 9.17) is 0 Å². The van der Waals surface area contributed by atoms with E-state index in [-0.39, 0.29) is 0 Å². The molecule has 0 radical (unpaired) electrons. The molecule has 0 aromatic heterocycles. The van der Waals surface area contributed by atoms with Crippen LogP contribution in [0.2, 0.25) is 0 Å². The second-order valence-corrected chi connectivity index (χ2v) is 7.13. The Bertz CT molecular complexity index is 191. The van der Waals surface area contributed by atoms with Crippen LogP contribution < -0.4 is 0 Å². The second kappa shape index (κ2) is 4.69. The number of rotatable bonds is 3. The number of likely N-dealkylation sites (tertiary alicyclic amines) is 1. The molecule has 1 fully saturated rings. The quantitative estimate of drug-likeness (QED) is 0.569. The van der Waals surface area contributed by atoms with Gasteiger partial charge in [0.25, 0.3) is 0 Å². The number of nitrogens with zero attached hydrogens (tertiary/aromatic N) is 1. The predicted molar refractivity (Wildman–Crippen MR) is 72.1 cm³/mol. The molecule has 3 unspecified atom stereocenters. The van der Waals surface area contributed by atoms with Crippen LogP contribution in [0.5, 0.6) is 0 Å². The van der Waals surface area contributed by atoms with Gasteiger partial charge in [-0.15, -0.1) is 0 Å². The third kappa shape index (κ3) is 2.26. The molecular weight excluding hydrogens is 285 g/mol. The SMILES string of the molecule is CCC1(C(C)I)CC(C(C)C)N(C)C1. The van der Waals surface area contributed by atoms with E-state index in [1.807, 2.05) is 0 Å². The Hall–Kier alpha value is 0.690. The maximum Gasteiger partial charge on any atom is 0.0150 e. The highest BCUT2D eigenvalue weighted by Crippen LogP contribution is 2.44. The minimum Gasteiger partial charge on any atom is -0.303 e. The van der Waals surface area contributed by atoms with Gasteiger partial charge in [0.15, 0.2) is 0 Å². The molecule has 1 aliphatic rings. The fourth-order valence-corrected chi connectivity index (χ4v) is 3.71. The van der Waals surface area contributed by atoms with Gasteiger partial charge in [-0.3, -0.25) is 0 Å². The average Bonchev–Trinajstić information content (AvgIpc) is 2.44. The van der Waals surface area contributed by atoms with Gasteiger partial charge < -0.3 is 4.90 Å². The molecule has 0 N–H and O–H groups in total. The maximum atomic E-state index is 2.61. The van der Waals surface area contributed by atoms with Crippen LogP contribution in [0, 0.1) is 11.3 Å². The summed E-state index contributed by atoms with van der Waals surface area (Å²) in [6.07, 6.45) is 2.71. The highest BCUT2D eigenvalue weighted by Gasteiger charge is 2.44. The van der Waals surface area contributed by atoms with E-state index in [9.17, 15) is 0 Å². The van der Waals surface area contributed by atoms with Crippen molar-refractivity contribution in [1.29, 1.82) is 0 Å². The van der Waals surface area contributed by atoms with Crippen LogP contribution in [0.25, 0.3) is 0 Å². The zero-order valence-corrected chi connectivity index (χ0v) is 12.3. The molecule has 1 nitrogen and oxygen atoms in total. The van der Waals surface area contributed by atoms with Gasteiger partial charge in [-0.1, -0.05) is 50.3 Å². The molecule has 1 rings (SSSR count). The molecule has 0 aromatic carbocycles. The van der Waals surface area contributed by atoms with Gasteiger partial charge in [0, 0.05) is 16.5 Å². The van der Waals surface area contributed by atoms with Crippen molar-refractivity contribution in [2.24, 2.45) is 11.3 Å². The molecule has 0 aliphatic carbocycles. The molecule has 0 spiro atoms. The zero-order chi connectivity index (χ0) is 10.9. The Morgan fingerprint density at radius 3 is 2.21 bits per heavy atom. The molecule has 0 saturated carbocycles. The maximum absolute atomic E-state index is 2.61. The lowest BCUT2D eigenvalue weighted by molar-refractivity contribution is 0.243. The average molecular weight is 309 g/mol. The van der Waals surface area contributed by atoms with Crippen molar-refractivity contribution in [2.45, 2.75) is 50.5 Å². The minimum absolute atomic E-state index is 0.574. The second-order valence-electron chi connectivity index (χ2n) is 5.26. The van der Waals surface area contributed by atoms with Crippen LogP contribution in [-0.2, 0) is 0 Å². The first-order chi connectivity index (χ1) is 6.43. The standard InChI is InChI=1S/C12H24IN/c1-6-12(10(4)13)7-11(9(2)3)14(5)8-12/h9-11H,6-8H2,1-5H3. The molecule has 1 saturated heterocycles. The summed E-state index contributed by atoms with van der Waals surface area (Å²) >= 11 is 2.61. The van der Waals surface area contributed by atoms with Crippen LogP contribution in [0.3, 0.4) is 0 Å². The summed E-state index contributed by atoms with van der Waals surface area (Å²) in [5.74, 6) is 0.795. The van der Waals surface area contributed by atoms with E-state index < -0.39 is 0 Å². The van der Waals surface area contributed by atoms with Crippen LogP contribution in [-0.4, -0.2) is 28.5 Å². The van der Waals surface area contributed by atoms with Crippen molar-refractivity contribution >= 4 is 22.6 Å². The summed E-state index contributed by atoms with van der Waals surface area (Å²) in [6, 6.07) is 0.798. The van der Waals surface area contributed by atoms with E-state index in [0.29, 0.717) is 5.41 Å². The number of hydrogen-bond donors (Lipinski definition) is 0. The van der Waals surface area contributed by atoms with Crippen LogP contribution >= 0.6 is 22.6 Å². The fourth-order valence-electron chi connectivity index (χ4n) is 2.82. The molecule has 2 heteroatoms. The van der Waals surface area contributed by atoms with Gasteiger partial charge in [-0.2, -0.15) is 0 Å².